The molecule has 2 heterocycles. The van der Waals surface area contributed by atoms with Crippen molar-refractivity contribution in [3.63, 3.8) is 0 Å². The minimum Gasteiger partial charge on any atom is -0.406 e. The highest BCUT2D eigenvalue weighted by atomic mass is 32.2. The molecule has 4 rings (SSSR count). The number of amides is 1. The van der Waals surface area contributed by atoms with Gasteiger partial charge in [0, 0.05) is 12.1 Å². The van der Waals surface area contributed by atoms with E-state index < -0.39 is 23.4 Å². The van der Waals surface area contributed by atoms with E-state index in [2.05, 4.69) is 14.7 Å². The van der Waals surface area contributed by atoms with Crippen LogP contribution in [0.3, 0.4) is 0 Å². The zero-order valence-corrected chi connectivity index (χ0v) is 19.0. The van der Waals surface area contributed by atoms with Gasteiger partial charge in [-0.05, 0) is 35.4 Å². The highest BCUT2D eigenvalue weighted by Crippen LogP contribution is 2.35. The van der Waals surface area contributed by atoms with Crippen LogP contribution in [0.25, 0.3) is 11.2 Å². The molecule has 0 aliphatic rings. The van der Waals surface area contributed by atoms with Crippen LogP contribution in [0.5, 0.6) is 5.75 Å². The number of hydrogen-bond donors (Lipinski definition) is 2. The maximum absolute atomic E-state index is 12.5. The summed E-state index contributed by atoms with van der Waals surface area (Å²) in [5.41, 5.74) is 8.28. The number of hydrogen-bond acceptors (Lipinski definition) is 6. The van der Waals surface area contributed by atoms with Crippen LogP contribution < -0.4 is 10.5 Å². The molecular weight excluding hydrogens is 481 g/mol. The van der Waals surface area contributed by atoms with Gasteiger partial charge in [-0.15, -0.1) is 13.2 Å². The number of aliphatic hydroxyl groups excluding tert-OH is 1. The van der Waals surface area contributed by atoms with Crippen LogP contribution in [0, 0.1) is 0 Å². The summed E-state index contributed by atoms with van der Waals surface area (Å²) in [4.78, 5) is 21.4. The lowest BCUT2D eigenvalue weighted by Crippen LogP contribution is -2.33. The summed E-state index contributed by atoms with van der Waals surface area (Å²) in [5, 5.41) is 9.68. The van der Waals surface area contributed by atoms with E-state index in [1.165, 1.54) is 24.3 Å². The second-order valence-electron chi connectivity index (χ2n) is 7.66. The Bertz CT molecular complexity index is 1300. The van der Waals surface area contributed by atoms with Crippen molar-refractivity contribution < 1.29 is 27.8 Å². The molecule has 0 saturated carbocycles. The standard InChI is InChI=1S/C24H21F3N4O3S/c25-24(26,27)34-17-10-8-15(9-11-17)13-31-22-19(7-4-12-29-22)30-23(31)35-20(21(28)33)18(14-32)16-5-2-1-3-6-16/h1-12,18,20,32H,13-14H2,(H2,28,33)/t18-,20?/m0/s1. The first-order chi connectivity index (χ1) is 16.7. The first-order valence-electron chi connectivity index (χ1n) is 10.5. The monoisotopic (exact) mass is 502 g/mol. The molecule has 0 fully saturated rings. The van der Waals surface area contributed by atoms with Crippen molar-refractivity contribution in [2.45, 2.75) is 29.2 Å². The molecule has 4 aromatic rings. The molecule has 0 saturated heterocycles. The molecule has 2 aromatic heterocycles. The van der Waals surface area contributed by atoms with Crippen LogP contribution in [0.15, 0.2) is 78.1 Å². The van der Waals surface area contributed by atoms with Crippen molar-refractivity contribution in [1.29, 1.82) is 0 Å². The molecule has 182 valence electrons. The number of aromatic nitrogens is 3. The van der Waals surface area contributed by atoms with Crippen LogP contribution in [0.2, 0.25) is 0 Å². The molecule has 0 aliphatic carbocycles. The fourth-order valence-corrected chi connectivity index (χ4v) is 4.86. The first-order valence-corrected chi connectivity index (χ1v) is 11.4. The van der Waals surface area contributed by atoms with Gasteiger partial charge in [0.05, 0.1) is 18.4 Å². The number of nitrogens with two attached hydrogens (primary N) is 1. The number of rotatable bonds is 9. The lowest BCUT2D eigenvalue weighted by Gasteiger charge is -2.23. The van der Waals surface area contributed by atoms with Gasteiger partial charge in [0.25, 0.3) is 0 Å². The van der Waals surface area contributed by atoms with E-state index in [1.807, 2.05) is 30.3 Å². The van der Waals surface area contributed by atoms with Gasteiger partial charge < -0.3 is 15.6 Å². The van der Waals surface area contributed by atoms with Crippen LogP contribution >= 0.6 is 11.8 Å². The predicted molar refractivity (Wildman–Crippen MR) is 125 cm³/mol. The van der Waals surface area contributed by atoms with E-state index in [0.717, 1.165) is 17.3 Å². The maximum Gasteiger partial charge on any atom is 0.573 e. The number of pyridine rings is 1. The van der Waals surface area contributed by atoms with E-state index in [4.69, 9.17) is 5.73 Å². The Labute approximate surface area is 202 Å². The molecule has 1 unspecified atom stereocenters. The lowest BCUT2D eigenvalue weighted by molar-refractivity contribution is -0.274. The molecule has 11 heteroatoms. The number of nitrogens with zero attached hydrogens (tertiary/aromatic N) is 3. The number of benzene rings is 2. The average molecular weight is 503 g/mol. The Hall–Kier alpha value is -3.57. The van der Waals surface area contributed by atoms with E-state index in [1.54, 1.807) is 22.9 Å². The molecule has 2 atom stereocenters. The lowest BCUT2D eigenvalue weighted by atomic mass is 9.96. The normalized spacial score (nSPS) is 13.5. The van der Waals surface area contributed by atoms with E-state index in [0.29, 0.717) is 21.9 Å². The highest BCUT2D eigenvalue weighted by Gasteiger charge is 2.32. The van der Waals surface area contributed by atoms with Crippen LogP contribution in [0.1, 0.15) is 17.0 Å². The average Bonchev–Trinajstić information content (AvgIpc) is 3.17. The number of imidazole rings is 1. The van der Waals surface area contributed by atoms with Gasteiger partial charge in [0.2, 0.25) is 5.91 Å². The van der Waals surface area contributed by atoms with E-state index in [9.17, 15) is 23.1 Å². The van der Waals surface area contributed by atoms with Gasteiger partial charge in [0.15, 0.2) is 10.8 Å². The second kappa shape index (κ2) is 10.4. The highest BCUT2D eigenvalue weighted by molar-refractivity contribution is 8.00. The molecule has 0 bridgehead atoms. The van der Waals surface area contributed by atoms with Crippen molar-refractivity contribution in [3.05, 3.63) is 84.1 Å². The summed E-state index contributed by atoms with van der Waals surface area (Å²) in [5.74, 6) is -1.51. The zero-order valence-electron chi connectivity index (χ0n) is 18.2. The molecule has 3 N–H and O–H groups in total. The van der Waals surface area contributed by atoms with Crippen LogP contribution in [0.4, 0.5) is 13.2 Å². The molecule has 2 aromatic carbocycles. The Morgan fingerprint density at radius 3 is 2.43 bits per heavy atom. The summed E-state index contributed by atoms with van der Waals surface area (Å²) >= 11 is 1.11. The zero-order chi connectivity index (χ0) is 25.0. The Kier molecular flexibility index (Phi) is 7.27. The third-order valence-corrected chi connectivity index (χ3v) is 6.61. The Morgan fingerprint density at radius 2 is 1.80 bits per heavy atom. The fraction of sp³-hybridized carbons (Fsp3) is 0.208. The van der Waals surface area contributed by atoms with Gasteiger partial charge in [-0.3, -0.25) is 9.36 Å². The molecule has 1 amide bonds. The van der Waals surface area contributed by atoms with Crippen molar-refractivity contribution >= 4 is 28.8 Å². The number of aliphatic hydroxyl groups is 1. The minimum absolute atomic E-state index is 0.225. The summed E-state index contributed by atoms with van der Waals surface area (Å²) in [6.45, 7) is -0.0769. The minimum atomic E-state index is -4.78. The van der Waals surface area contributed by atoms with Gasteiger partial charge in [-0.25, -0.2) is 9.97 Å². The smallest absolute Gasteiger partial charge is 0.406 e. The number of carbonyl (C=O) groups excluding carboxylic acids is 1. The quantitative estimate of drug-likeness (QED) is 0.334. The summed E-state index contributed by atoms with van der Waals surface area (Å²) in [7, 11) is 0. The molecule has 0 radical (unpaired) electrons. The van der Waals surface area contributed by atoms with Crippen molar-refractivity contribution in [2.75, 3.05) is 6.61 Å². The van der Waals surface area contributed by atoms with E-state index >= 15 is 0 Å². The Morgan fingerprint density at radius 1 is 1.09 bits per heavy atom. The fourth-order valence-electron chi connectivity index (χ4n) is 3.68. The second-order valence-corrected chi connectivity index (χ2v) is 8.77. The summed E-state index contributed by atoms with van der Waals surface area (Å²) < 4.78 is 43.1. The number of fused-ring (bicyclic) bond motifs is 1. The summed E-state index contributed by atoms with van der Waals surface area (Å²) in [6, 6.07) is 18.0. The number of thioether (sulfide) groups is 1. The molecule has 35 heavy (non-hydrogen) atoms. The van der Waals surface area contributed by atoms with Gasteiger partial charge in [-0.2, -0.15) is 0 Å². The number of carbonyl (C=O) groups is 1. The molecule has 7 nitrogen and oxygen atoms in total. The first kappa shape index (κ1) is 24.6. The van der Waals surface area contributed by atoms with Crippen LogP contribution in [-0.2, 0) is 11.3 Å². The van der Waals surface area contributed by atoms with Crippen LogP contribution in [-0.4, -0.2) is 43.8 Å². The van der Waals surface area contributed by atoms with Gasteiger partial charge in [0.1, 0.15) is 11.3 Å². The topological polar surface area (TPSA) is 103 Å². The van der Waals surface area contributed by atoms with Gasteiger partial charge >= 0.3 is 6.36 Å². The largest absolute Gasteiger partial charge is 0.573 e. The van der Waals surface area contributed by atoms with Gasteiger partial charge in [-0.1, -0.05) is 54.2 Å². The maximum atomic E-state index is 12.5. The number of alkyl halides is 3. The third-order valence-electron chi connectivity index (χ3n) is 5.27. The molecule has 0 aliphatic heterocycles. The number of halogens is 3. The van der Waals surface area contributed by atoms with Crippen molar-refractivity contribution in [2.24, 2.45) is 5.73 Å². The molecular formula is C24H21F3N4O3S. The molecule has 0 spiro atoms. The van der Waals surface area contributed by atoms with E-state index in [-0.39, 0.29) is 18.9 Å². The third kappa shape index (κ3) is 5.92. The SMILES string of the molecule is NC(=O)C(Sc1nc2cccnc2n1Cc1ccc(OC(F)(F)F)cc1)[C@@H](CO)c1ccccc1. The summed E-state index contributed by atoms with van der Waals surface area (Å²) in [6.07, 6.45) is -3.18. The number of ether oxygens (including phenoxy) is 1. The van der Waals surface area contributed by atoms with Crippen molar-refractivity contribution in [1.82, 2.24) is 14.5 Å². The predicted octanol–water partition coefficient (Wildman–Crippen LogP) is 4.10. The van der Waals surface area contributed by atoms with Crippen molar-refractivity contribution in [3.8, 4) is 5.75 Å². The number of primary amides is 1. The Balaban J connectivity index is 1.67.